The van der Waals surface area contributed by atoms with Crippen LogP contribution in [0.1, 0.15) is 36.2 Å². The van der Waals surface area contributed by atoms with E-state index >= 15 is 0 Å². The molecule has 1 atom stereocenters. The first-order valence-corrected chi connectivity index (χ1v) is 9.58. The van der Waals surface area contributed by atoms with E-state index in [9.17, 15) is 4.79 Å². The molecule has 0 bridgehead atoms. The third kappa shape index (κ3) is 4.74. The Morgan fingerprint density at radius 3 is 3.00 bits per heavy atom. The summed E-state index contributed by atoms with van der Waals surface area (Å²) in [7, 11) is 1.55. The normalized spacial score (nSPS) is 16.5. The zero-order valence-corrected chi connectivity index (χ0v) is 16.2. The minimum atomic E-state index is -0.344. The Balaban J connectivity index is 1.41. The third-order valence-corrected chi connectivity index (χ3v) is 4.89. The fraction of sp³-hybridized carbons (Fsp3) is 0.444. The summed E-state index contributed by atoms with van der Waals surface area (Å²) in [6.45, 7) is 1.80. The molecule has 0 radical (unpaired) electrons. The number of nitrogens with zero attached hydrogens (tertiary/aromatic N) is 7. The van der Waals surface area contributed by atoms with Gasteiger partial charge in [0.05, 0.1) is 19.0 Å². The lowest BCUT2D eigenvalue weighted by atomic mass is 10.0. The standard InChI is InChI=1S/C18H23N9O2/c1-29-16-9-14(8-15(10-16)27-12-20-23-25-27)21-18(28)17-11-26(24-22-17)7-5-13-4-2-3-6-19-13/h8-13,19H,2-7H2,1H3,(H,21,28). The molecule has 1 unspecified atom stereocenters. The van der Waals surface area contributed by atoms with Crippen LogP contribution in [0.5, 0.6) is 5.75 Å². The number of hydrogen-bond acceptors (Lipinski definition) is 8. The van der Waals surface area contributed by atoms with E-state index in [1.54, 1.807) is 36.2 Å². The number of tetrazole rings is 1. The number of benzene rings is 1. The van der Waals surface area contributed by atoms with E-state index in [0.29, 0.717) is 23.2 Å². The number of methoxy groups -OCH3 is 1. The minimum Gasteiger partial charge on any atom is -0.497 e. The smallest absolute Gasteiger partial charge is 0.277 e. The van der Waals surface area contributed by atoms with Gasteiger partial charge in [0, 0.05) is 30.4 Å². The largest absolute Gasteiger partial charge is 0.497 e. The van der Waals surface area contributed by atoms with Crippen molar-refractivity contribution in [1.82, 2.24) is 40.5 Å². The Morgan fingerprint density at radius 2 is 2.24 bits per heavy atom. The van der Waals surface area contributed by atoms with E-state index in [4.69, 9.17) is 4.74 Å². The molecule has 2 aromatic heterocycles. The van der Waals surface area contributed by atoms with Gasteiger partial charge < -0.3 is 15.4 Å². The SMILES string of the molecule is COc1cc(NC(=O)c2cn(CCC3CCCCN3)nn2)cc(-n2cnnn2)c1. The first kappa shape index (κ1) is 19.0. The van der Waals surface area contributed by atoms with Gasteiger partial charge >= 0.3 is 0 Å². The zero-order valence-electron chi connectivity index (χ0n) is 16.2. The van der Waals surface area contributed by atoms with Crippen LogP contribution in [0.25, 0.3) is 5.69 Å². The number of carbonyl (C=O) groups is 1. The summed E-state index contributed by atoms with van der Waals surface area (Å²) in [5, 5.41) is 25.5. The Kier molecular flexibility index (Phi) is 5.75. The first-order valence-electron chi connectivity index (χ1n) is 9.58. The molecule has 1 aromatic carbocycles. The second-order valence-electron chi connectivity index (χ2n) is 6.93. The molecule has 152 valence electrons. The van der Waals surface area contributed by atoms with Gasteiger partial charge in [-0.15, -0.1) is 10.2 Å². The van der Waals surface area contributed by atoms with Crippen molar-refractivity contribution in [3.8, 4) is 11.4 Å². The van der Waals surface area contributed by atoms with Crippen LogP contribution in [0, 0.1) is 0 Å². The van der Waals surface area contributed by atoms with E-state index < -0.39 is 0 Å². The number of anilines is 1. The number of rotatable bonds is 7. The summed E-state index contributed by atoms with van der Waals surface area (Å²) >= 11 is 0. The Hall–Kier alpha value is -3.34. The summed E-state index contributed by atoms with van der Waals surface area (Å²) in [5.41, 5.74) is 1.46. The van der Waals surface area contributed by atoms with Crippen LogP contribution in [-0.2, 0) is 6.54 Å². The van der Waals surface area contributed by atoms with Crippen molar-refractivity contribution in [2.75, 3.05) is 19.0 Å². The predicted molar refractivity (Wildman–Crippen MR) is 104 cm³/mol. The minimum absolute atomic E-state index is 0.258. The molecule has 11 nitrogen and oxygen atoms in total. The number of nitrogens with one attached hydrogen (secondary N) is 2. The molecular weight excluding hydrogens is 374 g/mol. The monoisotopic (exact) mass is 397 g/mol. The average Bonchev–Trinajstić information content (AvgIpc) is 3.45. The molecule has 1 fully saturated rings. The maximum Gasteiger partial charge on any atom is 0.277 e. The molecule has 2 N–H and O–H groups in total. The van der Waals surface area contributed by atoms with Crippen molar-refractivity contribution < 1.29 is 9.53 Å². The molecule has 1 saturated heterocycles. The van der Waals surface area contributed by atoms with E-state index in [0.717, 1.165) is 19.5 Å². The van der Waals surface area contributed by atoms with Gasteiger partial charge in [0.2, 0.25) is 0 Å². The fourth-order valence-electron chi connectivity index (χ4n) is 3.35. The van der Waals surface area contributed by atoms with Crippen molar-refractivity contribution in [1.29, 1.82) is 0 Å². The second kappa shape index (κ2) is 8.78. The van der Waals surface area contributed by atoms with Gasteiger partial charge in [-0.1, -0.05) is 11.6 Å². The predicted octanol–water partition coefficient (Wildman–Crippen LogP) is 1.05. The number of aryl methyl sites for hydroxylation is 1. The maximum absolute atomic E-state index is 12.6. The highest BCUT2D eigenvalue weighted by atomic mass is 16.5. The van der Waals surface area contributed by atoms with Gasteiger partial charge in [0.15, 0.2) is 5.69 Å². The first-order chi connectivity index (χ1) is 14.2. The van der Waals surface area contributed by atoms with Crippen LogP contribution in [-0.4, -0.2) is 60.8 Å². The molecule has 29 heavy (non-hydrogen) atoms. The topological polar surface area (TPSA) is 125 Å². The van der Waals surface area contributed by atoms with Gasteiger partial charge in [0.1, 0.15) is 12.1 Å². The Morgan fingerprint density at radius 1 is 1.31 bits per heavy atom. The van der Waals surface area contributed by atoms with Crippen LogP contribution in [0.2, 0.25) is 0 Å². The molecule has 1 aliphatic heterocycles. The van der Waals surface area contributed by atoms with Gasteiger partial charge in [-0.3, -0.25) is 9.48 Å². The van der Waals surface area contributed by atoms with Crippen molar-refractivity contribution in [3.05, 3.63) is 36.4 Å². The Bertz CT molecular complexity index is 948. The van der Waals surface area contributed by atoms with Crippen molar-refractivity contribution in [2.45, 2.75) is 38.3 Å². The maximum atomic E-state index is 12.6. The van der Waals surface area contributed by atoms with Crippen molar-refractivity contribution in [2.24, 2.45) is 0 Å². The molecule has 0 spiro atoms. The number of hydrogen-bond donors (Lipinski definition) is 2. The van der Waals surface area contributed by atoms with Gasteiger partial charge in [-0.25, -0.2) is 4.68 Å². The summed E-state index contributed by atoms with van der Waals surface area (Å²) in [6.07, 6.45) is 7.78. The van der Waals surface area contributed by atoms with E-state index in [1.807, 2.05) is 0 Å². The lowest BCUT2D eigenvalue weighted by molar-refractivity contribution is 0.102. The lowest BCUT2D eigenvalue weighted by Gasteiger charge is -2.23. The molecule has 3 aromatic rings. The Labute approximate surface area is 167 Å². The van der Waals surface area contributed by atoms with Crippen LogP contribution in [0.4, 0.5) is 5.69 Å². The van der Waals surface area contributed by atoms with E-state index in [2.05, 4.69) is 36.5 Å². The summed E-state index contributed by atoms with van der Waals surface area (Å²) < 4.78 is 8.49. The molecule has 1 amide bonds. The van der Waals surface area contributed by atoms with Crippen LogP contribution >= 0.6 is 0 Å². The van der Waals surface area contributed by atoms with Crippen LogP contribution < -0.4 is 15.4 Å². The quantitative estimate of drug-likeness (QED) is 0.606. The molecule has 1 aliphatic rings. The highest BCUT2D eigenvalue weighted by Crippen LogP contribution is 2.23. The molecule has 11 heteroatoms. The highest BCUT2D eigenvalue weighted by Gasteiger charge is 2.15. The molecule has 3 heterocycles. The average molecular weight is 397 g/mol. The molecular formula is C18H23N9O2. The van der Waals surface area contributed by atoms with Gasteiger partial charge in [0.25, 0.3) is 5.91 Å². The fourth-order valence-corrected chi connectivity index (χ4v) is 3.35. The number of aromatic nitrogens is 7. The van der Waals surface area contributed by atoms with E-state index in [1.165, 1.54) is 30.3 Å². The zero-order chi connectivity index (χ0) is 20.1. The highest BCUT2D eigenvalue weighted by molar-refractivity contribution is 6.02. The van der Waals surface area contributed by atoms with E-state index in [-0.39, 0.29) is 11.6 Å². The molecule has 0 aliphatic carbocycles. The number of piperidine rings is 1. The van der Waals surface area contributed by atoms with Crippen LogP contribution in [0.15, 0.2) is 30.7 Å². The van der Waals surface area contributed by atoms with Gasteiger partial charge in [-0.2, -0.15) is 0 Å². The van der Waals surface area contributed by atoms with Gasteiger partial charge in [-0.05, 0) is 42.3 Å². The summed E-state index contributed by atoms with van der Waals surface area (Å²) in [5.74, 6) is 0.222. The second-order valence-corrected chi connectivity index (χ2v) is 6.93. The molecule has 4 rings (SSSR count). The molecule has 0 saturated carbocycles. The van der Waals surface area contributed by atoms with Crippen LogP contribution in [0.3, 0.4) is 0 Å². The summed E-state index contributed by atoms with van der Waals surface area (Å²) in [4.78, 5) is 12.6. The third-order valence-electron chi connectivity index (χ3n) is 4.89. The van der Waals surface area contributed by atoms with Crippen molar-refractivity contribution >= 4 is 11.6 Å². The number of carbonyl (C=O) groups excluding carboxylic acids is 1. The lowest BCUT2D eigenvalue weighted by Crippen LogP contribution is -2.34. The number of ether oxygens (including phenoxy) is 1. The van der Waals surface area contributed by atoms with Crippen molar-refractivity contribution in [3.63, 3.8) is 0 Å². The number of amides is 1. The summed E-state index contributed by atoms with van der Waals surface area (Å²) in [6, 6.07) is 5.73.